The molecular formula is C18H23FN2O3. The Balaban J connectivity index is 1.63. The van der Waals surface area contributed by atoms with Crippen LogP contribution in [-0.2, 0) is 20.9 Å². The summed E-state index contributed by atoms with van der Waals surface area (Å²) in [6, 6.07) is 6.36. The lowest BCUT2D eigenvalue weighted by atomic mass is 9.85. The number of nitrogens with zero attached hydrogens (tertiary/aromatic N) is 2. The Kier molecular flexibility index (Phi) is 4.85. The van der Waals surface area contributed by atoms with Crippen molar-refractivity contribution in [2.24, 2.45) is 5.41 Å². The molecule has 1 aromatic carbocycles. The van der Waals surface area contributed by atoms with Gasteiger partial charge in [0.2, 0.25) is 11.8 Å². The maximum Gasteiger partial charge on any atom is 0.231 e. The third kappa shape index (κ3) is 3.29. The molecule has 2 amide bonds. The summed E-state index contributed by atoms with van der Waals surface area (Å²) in [6.45, 7) is 2.61. The molecule has 1 aromatic rings. The number of carbonyl (C=O) groups excluding carboxylic acids is 2. The lowest BCUT2D eigenvalue weighted by Crippen LogP contribution is -2.38. The van der Waals surface area contributed by atoms with Crippen molar-refractivity contribution in [3.8, 4) is 0 Å². The molecule has 2 aliphatic rings. The van der Waals surface area contributed by atoms with Gasteiger partial charge in [0.25, 0.3) is 0 Å². The van der Waals surface area contributed by atoms with Crippen molar-refractivity contribution in [3.05, 3.63) is 35.6 Å². The number of hydrogen-bond acceptors (Lipinski definition) is 3. The van der Waals surface area contributed by atoms with Gasteiger partial charge in [0, 0.05) is 33.3 Å². The van der Waals surface area contributed by atoms with Gasteiger partial charge in [-0.2, -0.15) is 0 Å². The Morgan fingerprint density at radius 2 is 2.12 bits per heavy atom. The van der Waals surface area contributed by atoms with Crippen LogP contribution in [0.5, 0.6) is 0 Å². The zero-order chi connectivity index (χ0) is 17.2. The SMILES string of the molecule is COCCC(=O)N1CCC2(CCN(Cc3cccc(F)c3)C2=O)C1. The van der Waals surface area contributed by atoms with E-state index in [1.807, 2.05) is 6.07 Å². The number of likely N-dealkylation sites (tertiary alicyclic amines) is 2. The Morgan fingerprint density at radius 3 is 2.88 bits per heavy atom. The highest BCUT2D eigenvalue weighted by atomic mass is 19.1. The zero-order valence-electron chi connectivity index (χ0n) is 14.0. The van der Waals surface area contributed by atoms with Crippen LogP contribution >= 0.6 is 0 Å². The first-order valence-corrected chi connectivity index (χ1v) is 8.35. The van der Waals surface area contributed by atoms with E-state index in [4.69, 9.17) is 4.74 Å². The highest BCUT2D eigenvalue weighted by molar-refractivity contribution is 5.87. The van der Waals surface area contributed by atoms with Crippen LogP contribution < -0.4 is 0 Å². The topological polar surface area (TPSA) is 49.9 Å². The summed E-state index contributed by atoms with van der Waals surface area (Å²) in [7, 11) is 1.57. The van der Waals surface area contributed by atoms with Gasteiger partial charge in [0.1, 0.15) is 5.82 Å². The molecule has 0 N–H and O–H groups in total. The molecule has 0 radical (unpaired) electrons. The average molecular weight is 334 g/mol. The molecule has 1 unspecified atom stereocenters. The maximum absolute atomic E-state index is 13.3. The fraction of sp³-hybridized carbons (Fsp3) is 0.556. The normalized spacial score (nSPS) is 23.5. The minimum Gasteiger partial charge on any atom is -0.384 e. The number of hydrogen-bond donors (Lipinski definition) is 0. The molecule has 5 nitrogen and oxygen atoms in total. The molecule has 2 aliphatic heterocycles. The number of rotatable bonds is 5. The summed E-state index contributed by atoms with van der Waals surface area (Å²) in [6.07, 6.45) is 1.83. The van der Waals surface area contributed by atoms with Crippen LogP contribution in [-0.4, -0.2) is 55.0 Å². The van der Waals surface area contributed by atoms with Crippen LogP contribution in [0.25, 0.3) is 0 Å². The van der Waals surface area contributed by atoms with Gasteiger partial charge in [-0.15, -0.1) is 0 Å². The quantitative estimate of drug-likeness (QED) is 0.825. The number of halogens is 1. The molecule has 2 fully saturated rings. The fourth-order valence-corrected chi connectivity index (χ4v) is 3.71. The second-order valence-corrected chi connectivity index (χ2v) is 6.70. The van der Waals surface area contributed by atoms with Gasteiger partial charge in [0.05, 0.1) is 18.4 Å². The molecule has 1 atom stereocenters. The predicted molar refractivity (Wildman–Crippen MR) is 86.6 cm³/mol. The van der Waals surface area contributed by atoms with Gasteiger partial charge in [-0.25, -0.2) is 4.39 Å². The molecule has 3 rings (SSSR count). The van der Waals surface area contributed by atoms with E-state index in [1.54, 1.807) is 23.0 Å². The largest absolute Gasteiger partial charge is 0.384 e. The van der Waals surface area contributed by atoms with Crippen molar-refractivity contribution in [2.45, 2.75) is 25.8 Å². The van der Waals surface area contributed by atoms with E-state index < -0.39 is 5.41 Å². The first kappa shape index (κ1) is 16.9. The van der Waals surface area contributed by atoms with Crippen LogP contribution in [0, 0.1) is 11.2 Å². The van der Waals surface area contributed by atoms with Gasteiger partial charge in [0.15, 0.2) is 0 Å². The van der Waals surface area contributed by atoms with Crippen molar-refractivity contribution in [1.29, 1.82) is 0 Å². The molecule has 0 aromatic heterocycles. The van der Waals surface area contributed by atoms with Gasteiger partial charge in [-0.3, -0.25) is 9.59 Å². The summed E-state index contributed by atoms with van der Waals surface area (Å²) in [5.41, 5.74) is 0.349. The number of carbonyl (C=O) groups is 2. The molecule has 130 valence electrons. The molecule has 0 saturated carbocycles. The van der Waals surface area contributed by atoms with Crippen LogP contribution in [0.15, 0.2) is 24.3 Å². The van der Waals surface area contributed by atoms with E-state index >= 15 is 0 Å². The van der Waals surface area contributed by atoms with Crippen molar-refractivity contribution in [2.75, 3.05) is 33.4 Å². The predicted octanol–water partition coefficient (Wildman–Crippen LogP) is 1.81. The highest BCUT2D eigenvalue weighted by Gasteiger charge is 2.51. The van der Waals surface area contributed by atoms with Crippen molar-refractivity contribution in [1.82, 2.24) is 9.80 Å². The van der Waals surface area contributed by atoms with Gasteiger partial charge in [-0.05, 0) is 30.5 Å². The number of ether oxygens (including phenoxy) is 1. The first-order valence-electron chi connectivity index (χ1n) is 8.35. The number of amides is 2. The summed E-state index contributed by atoms with van der Waals surface area (Å²) >= 11 is 0. The van der Waals surface area contributed by atoms with E-state index in [0.29, 0.717) is 45.6 Å². The summed E-state index contributed by atoms with van der Waals surface area (Å²) in [5.74, 6) is -0.149. The molecule has 0 aliphatic carbocycles. The minimum atomic E-state index is -0.448. The van der Waals surface area contributed by atoms with Gasteiger partial charge < -0.3 is 14.5 Å². The molecule has 6 heteroatoms. The monoisotopic (exact) mass is 334 g/mol. The third-order valence-electron chi connectivity index (χ3n) is 5.09. The van der Waals surface area contributed by atoms with Gasteiger partial charge >= 0.3 is 0 Å². The van der Waals surface area contributed by atoms with Crippen LogP contribution in [0.1, 0.15) is 24.8 Å². The fourth-order valence-electron chi connectivity index (χ4n) is 3.71. The summed E-state index contributed by atoms with van der Waals surface area (Å²) in [4.78, 5) is 28.6. The average Bonchev–Trinajstić information content (AvgIpc) is 3.13. The summed E-state index contributed by atoms with van der Waals surface area (Å²) < 4.78 is 18.3. The lowest BCUT2D eigenvalue weighted by Gasteiger charge is -2.24. The second kappa shape index (κ2) is 6.89. The maximum atomic E-state index is 13.3. The Hall–Kier alpha value is -1.95. The molecule has 2 saturated heterocycles. The van der Waals surface area contributed by atoms with E-state index in [9.17, 15) is 14.0 Å². The second-order valence-electron chi connectivity index (χ2n) is 6.70. The number of benzene rings is 1. The van der Waals surface area contributed by atoms with E-state index in [2.05, 4.69) is 0 Å². The van der Waals surface area contributed by atoms with Crippen LogP contribution in [0.4, 0.5) is 4.39 Å². The standard InChI is InChI=1S/C18H23FN2O3/c1-24-10-5-16(22)21-9-7-18(13-21)6-8-20(17(18)23)12-14-3-2-4-15(19)11-14/h2-4,11H,5-10,12-13H2,1H3. The molecule has 2 heterocycles. The van der Waals surface area contributed by atoms with E-state index in [1.165, 1.54) is 12.1 Å². The van der Waals surface area contributed by atoms with Crippen LogP contribution in [0.2, 0.25) is 0 Å². The molecular weight excluding hydrogens is 311 g/mol. The summed E-state index contributed by atoms with van der Waals surface area (Å²) in [5, 5.41) is 0. The van der Waals surface area contributed by atoms with Gasteiger partial charge in [-0.1, -0.05) is 12.1 Å². The molecule has 0 bridgehead atoms. The minimum absolute atomic E-state index is 0.0464. The lowest BCUT2D eigenvalue weighted by molar-refractivity contribution is -0.137. The molecule has 24 heavy (non-hydrogen) atoms. The van der Waals surface area contributed by atoms with Crippen molar-refractivity contribution < 1.29 is 18.7 Å². The Morgan fingerprint density at radius 1 is 1.33 bits per heavy atom. The zero-order valence-corrected chi connectivity index (χ0v) is 14.0. The first-order chi connectivity index (χ1) is 11.5. The Labute approximate surface area is 141 Å². The highest BCUT2D eigenvalue weighted by Crippen LogP contribution is 2.41. The van der Waals surface area contributed by atoms with Crippen LogP contribution in [0.3, 0.4) is 0 Å². The molecule has 1 spiro atoms. The smallest absolute Gasteiger partial charge is 0.231 e. The number of methoxy groups -OCH3 is 1. The van der Waals surface area contributed by atoms with Crippen molar-refractivity contribution in [3.63, 3.8) is 0 Å². The van der Waals surface area contributed by atoms with E-state index in [-0.39, 0.29) is 17.6 Å². The Bertz CT molecular complexity index is 636. The van der Waals surface area contributed by atoms with E-state index in [0.717, 1.165) is 12.0 Å². The third-order valence-corrected chi connectivity index (χ3v) is 5.09. The van der Waals surface area contributed by atoms with Crippen molar-refractivity contribution >= 4 is 11.8 Å².